The lowest BCUT2D eigenvalue weighted by Crippen LogP contribution is -2.27. The van der Waals surface area contributed by atoms with Crippen molar-refractivity contribution in [1.82, 2.24) is 15.3 Å². The summed E-state index contributed by atoms with van der Waals surface area (Å²) in [6, 6.07) is 4.60. The fourth-order valence-corrected chi connectivity index (χ4v) is 1.83. The molecular weight excluding hydrogens is 259 g/mol. The molecule has 1 aromatic carbocycles. The number of hydrogen-bond donors (Lipinski definition) is 2. The molecule has 0 radical (unpaired) electrons. The normalized spacial score (nSPS) is 10.3. The first-order valence-corrected chi connectivity index (χ1v) is 6.17. The van der Waals surface area contributed by atoms with Gasteiger partial charge in [0, 0.05) is 6.54 Å². The van der Waals surface area contributed by atoms with Crippen molar-refractivity contribution in [2.24, 2.45) is 0 Å². The van der Waals surface area contributed by atoms with Gasteiger partial charge in [0.05, 0.1) is 12.4 Å². The second-order valence-corrected chi connectivity index (χ2v) is 4.41. The molecule has 0 saturated carbocycles. The Kier molecular flexibility index (Phi) is 4.24. The molecule has 0 bridgehead atoms. The van der Waals surface area contributed by atoms with Crippen molar-refractivity contribution in [3.8, 4) is 0 Å². The van der Waals surface area contributed by atoms with Gasteiger partial charge in [0.1, 0.15) is 17.3 Å². The van der Waals surface area contributed by atoms with E-state index in [0.29, 0.717) is 13.0 Å². The number of amides is 1. The van der Waals surface area contributed by atoms with E-state index in [0.717, 1.165) is 11.1 Å². The topological polar surface area (TPSA) is 80.9 Å². The lowest BCUT2D eigenvalue weighted by Gasteiger charge is -2.07. The van der Waals surface area contributed by atoms with Crippen LogP contribution in [-0.2, 0) is 6.42 Å². The smallest absolute Gasteiger partial charge is 0.271 e. The molecular formula is C14H15FN4O. The van der Waals surface area contributed by atoms with Crippen LogP contribution in [0.25, 0.3) is 0 Å². The highest BCUT2D eigenvalue weighted by molar-refractivity contribution is 5.92. The zero-order valence-corrected chi connectivity index (χ0v) is 11.1. The van der Waals surface area contributed by atoms with Gasteiger partial charge in [0.2, 0.25) is 0 Å². The number of rotatable bonds is 4. The first-order valence-electron chi connectivity index (χ1n) is 6.17. The molecule has 5 nitrogen and oxygen atoms in total. The van der Waals surface area contributed by atoms with Crippen molar-refractivity contribution >= 4 is 11.7 Å². The minimum Gasteiger partial charge on any atom is -0.382 e. The molecule has 0 unspecified atom stereocenters. The van der Waals surface area contributed by atoms with Crippen LogP contribution in [0.1, 0.15) is 21.6 Å². The zero-order chi connectivity index (χ0) is 14.5. The molecule has 1 heterocycles. The van der Waals surface area contributed by atoms with Crippen molar-refractivity contribution in [3.05, 3.63) is 53.2 Å². The zero-order valence-electron chi connectivity index (χ0n) is 11.1. The van der Waals surface area contributed by atoms with Gasteiger partial charge in [-0.1, -0.05) is 6.07 Å². The Morgan fingerprint density at radius 1 is 1.40 bits per heavy atom. The molecule has 1 amide bonds. The van der Waals surface area contributed by atoms with Crippen molar-refractivity contribution in [1.29, 1.82) is 0 Å². The Hall–Kier alpha value is -2.50. The lowest BCUT2D eigenvalue weighted by atomic mass is 10.1. The maximum atomic E-state index is 13.0. The molecule has 0 saturated heterocycles. The maximum Gasteiger partial charge on any atom is 0.271 e. The monoisotopic (exact) mass is 274 g/mol. The van der Waals surface area contributed by atoms with Crippen LogP contribution in [0.5, 0.6) is 0 Å². The molecule has 2 aromatic rings. The van der Waals surface area contributed by atoms with Gasteiger partial charge >= 0.3 is 0 Å². The molecule has 0 atom stereocenters. The standard InChI is InChI=1S/C14H15FN4O/c1-9-6-11(15)3-2-10(9)4-5-18-14(20)12-7-17-8-13(16)19-12/h2-3,6-8H,4-5H2,1H3,(H2,16,19)(H,18,20). The number of benzene rings is 1. The van der Waals surface area contributed by atoms with E-state index in [1.54, 1.807) is 6.07 Å². The van der Waals surface area contributed by atoms with Crippen molar-refractivity contribution in [3.63, 3.8) is 0 Å². The maximum absolute atomic E-state index is 13.0. The number of halogens is 1. The molecule has 0 aliphatic carbocycles. The Labute approximate surface area is 116 Å². The minimum atomic E-state index is -0.329. The molecule has 1 aromatic heterocycles. The van der Waals surface area contributed by atoms with Crippen molar-refractivity contribution < 1.29 is 9.18 Å². The summed E-state index contributed by atoms with van der Waals surface area (Å²) in [5, 5.41) is 2.73. The molecule has 0 aliphatic heterocycles. The summed E-state index contributed by atoms with van der Waals surface area (Å²) < 4.78 is 13.0. The average Bonchev–Trinajstić information content (AvgIpc) is 2.41. The number of carbonyl (C=O) groups excluding carboxylic acids is 1. The second kappa shape index (κ2) is 6.10. The molecule has 2 rings (SSSR count). The van der Waals surface area contributed by atoms with Gasteiger partial charge in [-0.15, -0.1) is 0 Å². The fraction of sp³-hybridized carbons (Fsp3) is 0.214. The summed E-state index contributed by atoms with van der Waals surface area (Å²) in [7, 11) is 0. The van der Waals surface area contributed by atoms with Gasteiger partial charge < -0.3 is 11.1 Å². The van der Waals surface area contributed by atoms with Crippen LogP contribution < -0.4 is 11.1 Å². The predicted octanol–water partition coefficient (Wildman–Crippen LogP) is 1.48. The van der Waals surface area contributed by atoms with Crippen LogP contribution in [0.4, 0.5) is 10.2 Å². The number of aromatic nitrogens is 2. The quantitative estimate of drug-likeness (QED) is 0.885. The number of anilines is 1. The van der Waals surface area contributed by atoms with Gasteiger partial charge in [0.15, 0.2) is 0 Å². The number of nitrogens with one attached hydrogen (secondary N) is 1. The first-order chi connectivity index (χ1) is 9.56. The average molecular weight is 274 g/mol. The van der Waals surface area contributed by atoms with Crippen molar-refractivity contribution in [2.75, 3.05) is 12.3 Å². The molecule has 20 heavy (non-hydrogen) atoms. The fourth-order valence-electron chi connectivity index (χ4n) is 1.83. The molecule has 3 N–H and O–H groups in total. The second-order valence-electron chi connectivity index (χ2n) is 4.41. The third-order valence-electron chi connectivity index (χ3n) is 2.87. The lowest BCUT2D eigenvalue weighted by molar-refractivity contribution is 0.0949. The minimum absolute atomic E-state index is 0.181. The number of hydrogen-bond acceptors (Lipinski definition) is 4. The van der Waals surface area contributed by atoms with E-state index in [-0.39, 0.29) is 23.2 Å². The van der Waals surface area contributed by atoms with Gasteiger partial charge in [-0.05, 0) is 36.6 Å². The highest BCUT2D eigenvalue weighted by Crippen LogP contribution is 2.10. The van der Waals surface area contributed by atoms with Crippen LogP contribution >= 0.6 is 0 Å². The SMILES string of the molecule is Cc1cc(F)ccc1CCNC(=O)c1cncc(N)n1. The van der Waals surface area contributed by atoms with E-state index in [9.17, 15) is 9.18 Å². The van der Waals surface area contributed by atoms with Crippen LogP contribution in [0, 0.1) is 12.7 Å². The molecule has 104 valence electrons. The summed E-state index contributed by atoms with van der Waals surface area (Å²) in [5.74, 6) is -0.387. The highest BCUT2D eigenvalue weighted by Gasteiger charge is 2.08. The Morgan fingerprint density at radius 2 is 2.20 bits per heavy atom. The Morgan fingerprint density at radius 3 is 2.90 bits per heavy atom. The summed E-state index contributed by atoms with van der Waals surface area (Å²) >= 11 is 0. The number of nitrogen functional groups attached to an aromatic ring is 1. The molecule has 0 spiro atoms. The first kappa shape index (κ1) is 13.9. The van der Waals surface area contributed by atoms with E-state index >= 15 is 0 Å². The van der Waals surface area contributed by atoms with Crippen LogP contribution in [-0.4, -0.2) is 22.4 Å². The summed E-state index contributed by atoms with van der Waals surface area (Å²) in [5.41, 5.74) is 7.50. The van der Waals surface area contributed by atoms with E-state index in [4.69, 9.17) is 5.73 Å². The number of carbonyl (C=O) groups is 1. The van der Waals surface area contributed by atoms with Crippen LogP contribution in [0.2, 0.25) is 0 Å². The summed E-state index contributed by atoms with van der Waals surface area (Å²) in [6.45, 7) is 2.27. The van der Waals surface area contributed by atoms with Gasteiger partial charge in [-0.3, -0.25) is 9.78 Å². The summed E-state index contributed by atoms with van der Waals surface area (Å²) in [4.78, 5) is 19.5. The van der Waals surface area contributed by atoms with Crippen molar-refractivity contribution in [2.45, 2.75) is 13.3 Å². The van der Waals surface area contributed by atoms with Gasteiger partial charge in [-0.25, -0.2) is 9.37 Å². The third-order valence-corrected chi connectivity index (χ3v) is 2.87. The van der Waals surface area contributed by atoms with Gasteiger partial charge in [-0.2, -0.15) is 0 Å². The van der Waals surface area contributed by atoms with Crippen LogP contribution in [0.15, 0.2) is 30.6 Å². The van der Waals surface area contributed by atoms with Gasteiger partial charge in [0.25, 0.3) is 5.91 Å². The molecule has 6 heteroatoms. The number of nitrogens with zero attached hydrogens (tertiary/aromatic N) is 2. The van der Waals surface area contributed by atoms with E-state index < -0.39 is 0 Å². The number of aryl methyl sites for hydroxylation is 1. The van der Waals surface area contributed by atoms with E-state index in [1.165, 1.54) is 24.5 Å². The summed E-state index contributed by atoms with van der Waals surface area (Å²) in [6.07, 6.45) is 3.35. The highest BCUT2D eigenvalue weighted by atomic mass is 19.1. The van der Waals surface area contributed by atoms with Crippen LogP contribution in [0.3, 0.4) is 0 Å². The molecule has 0 aliphatic rings. The molecule has 0 fully saturated rings. The Balaban J connectivity index is 1.91. The number of nitrogens with two attached hydrogens (primary N) is 1. The third kappa shape index (κ3) is 3.50. The largest absolute Gasteiger partial charge is 0.382 e. The van der Waals surface area contributed by atoms with E-state index in [2.05, 4.69) is 15.3 Å². The Bertz CT molecular complexity index is 630. The van der Waals surface area contributed by atoms with E-state index in [1.807, 2.05) is 6.92 Å². The predicted molar refractivity (Wildman–Crippen MR) is 73.6 cm³/mol.